The van der Waals surface area contributed by atoms with E-state index >= 15 is 0 Å². The second kappa shape index (κ2) is 4.54. The molecule has 0 aliphatic rings. The fourth-order valence-corrected chi connectivity index (χ4v) is 3.44. The third-order valence-corrected chi connectivity index (χ3v) is 4.62. The van der Waals surface area contributed by atoms with Gasteiger partial charge in [0.15, 0.2) is 5.82 Å². The van der Waals surface area contributed by atoms with Crippen LogP contribution in [0.3, 0.4) is 0 Å². The number of halogens is 1. The van der Waals surface area contributed by atoms with Gasteiger partial charge in [-0.1, -0.05) is 11.6 Å². The Labute approximate surface area is 120 Å². The maximum absolute atomic E-state index is 6.32. The Kier molecular flexibility index (Phi) is 2.99. The molecule has 3 heterocycles. The summed E-state index contributed by atoms with van der Waals surface area (Å²) in [5.41, 5.74) is 3.19. The van der Waals surface area contributed by atoms with E-state index in [-0.39, 0.29) is 0 Å². The standard InChI is InChI=1S/C14H12ClN3S/c1-7-6-16-5-4-10(7)13-17-12(15)11-8(2)9(3)19-14(11)18-13/h4-6H,1-3H3. The first-order chi connectivity index (χ1) is 9.08. The van der Waals surface area contributed by atoms with Gasteiger partial charge < -0.3 is 0 Å². The number of aromatic nitrogens is 3. The van der Waals surface area contributed by atoms with E-state index in [1.807, 2.05) is 19.2 Å². The van der Waals surface area contributed by atoms with Crippen LogP contribution in [0.5, 0.6) is 0 Å². The van der Waals surface area contributed by atoms with Crippen molar-refractivity contribution in [3.8, 4) is 11.4 Å². The van der Waals surface area contributed by atoms with E-state index in [1.165, 1.54) is 10.4 Å². The summed E-state index contributed by atoms with van der Waals surface area (Å²) in [6.07, 6.45) is 3.55. The van der Waals surface area contributed by atoms with Gasteiger partial charge in [0.05, 0.1) is 5.39 Å². The maximum Gasteiger partial charge on any atom is 0.162 e. The van der Waals surface area contributed by atoms with Crippen LogP contribution in [0, 0.1) is 20.8 Å². The van der Waals surface area contributed by atoms with Crippen LogP contribution in [0.25, 0.3) is 21.6 Å². The quantitative estimate of drug-likeness (QED) is 0.626. The van der Waals surface area contributed by atoms with E-state index in [9.17, 15) is 0 Å². The molecule has 19 heavy (non-hydrogen) atoms. The lowest BCUT2D eigenvalue weighted by Crippen LogP contribution is -1.93. The molecular weight excluding hydrogens is 278 g/mol. The lowest BCUT2D eigenvalue weighted by molar-refractivity contribution is 1.19. The van der Waals surface area contributed by atoms with Crippen molar-refractivity contribution in [2.24, 2.45) is 0 Å². The van der Waals surface area contributed by atoms with Crippen molar-refractivity contribution in [2.45, 2.75) is 20.8 Å². The minimum absolute atomic E-state index is 0.526. The van der Waals surface area contributed by atoms with Crippen LogP contribution in [0.15, 0.2) is 18.5 Å². The molecule has 0 N–H and O–H groups in total. The minimum Gasteiger partial charge on any atom is -0.264 e. The Bertz CT molecular complexity index is 780. The molecule has 0 unspecified atom stereocenters. The van der Waals surface area contributed by atoms with Crippen molar-refractivity contribution >= 4 is 33.2 Å². The van der Waals surface area contributed by atoms with Crippen LogP contribution in [0.1, 0.15) is 16.0 Å². The highest BCUT2D eigenvalue weighted by atomic mass is 35.5. The highest BCUT2D eigenvalue weighted by Crippen LogP contribution is 2.34. The van der Waals surface area contributed by atoms with Crippen LogP contribution in [0.2, 0.25) is 5.15 Å². The lowest BCUT2D eigenvalue weighted by Gasteiger charge is -2.04. The van der Waals surface area contributed by atoms with Crippen molar-refractivity contribution < 1.29 is 0 Å². The number of hydrogen-bond acceptors (Lipinski definition) is 4. The number of fused-ring (bicyclic) bond motifs is 1. The van der Waals surface area contributed by atoms with Gasteiger partial charge in [-0.2, -0.15) is 0 Å². The summed E-state index contributed by atoms with van der Waals surface area (Å²) in [4.78, 5) is 15.3. The predicted octanol–water partition coefficient (Wildman–Crippen LogP) is 4.33. The molecule has 0 spiro atoms. The summed E-state index contributed by atoms with van der Waals surface area (Å²) < 4.78 is 0. The number of pyridine rings is 1. The van der Waals surface area contributed by atoms with Gasteiger partial charge in [0.1, 0.15) is 9.98 Å². The van der Waals surface area contributed by atoms with E-state index in [1.54, 1.807) is 17.5 Å². The largest absolute Gasteiger partial charge is 0.264 e. The van der Waals surface area contributed by atoms with Gasteiger partial charge in [0.2, 0.25) is 0 Å². The van der Waals surface area contributed by atoms with Gasteiger partial charge in [-0.15, -0.1) is 11.3 Å². The first-order valence-electron chi connectivity index (χ1n) is 5.92. The number of hydrogen-bond donors (Lipinski definition) is 0. The molecule has 0 radical (unpaired) electrons. The van der Waals surface area contributed by atoms with Crippen LogP contribution in [-0.4, -0.2) is 15.0 Å². The summed E-state index contributed by atoms with van der Waals surface area (Å²) in [5.74, 6) is 0.665. The summed E-state index contributed by atoms with van der Waals surface area (Å²) in [7, 11) is 0. The number of thiophene rings is 1. The number of rotatable bonds is 1. The van der Waals surface area contributed by atoms with E-state index < -0.39 is 0 Å². The molecule has 0 fully saturated rings. The Hall–Kier alpha value is -1.52. The van der Waals surface area contributed by atoms with Gasteiger partial charge in [-0.3, -0.25) is 4.98 Å². The molecule has 0 aromatic carbocycles. The van der Waals surface area contributed by atoms with Crippen LogP contribution >= 0.6 is 22.9 Å². The molecular formula is C14H12ClN3S. The second-order valence-corrected chi connectivity index (χ2v) is 6.05. The summed E-state index contributed by atoms with van der Waals surface area (Å²) >= 11 is 7.98. The molecule has 3 rings (SSSR count). The zero-order valence-corrected chi connectivity index (χ0v) is 12.4. The molecule has 5 heteroatoms. The van der Waals surface area contributed by atoms with Gasteiger partial charge in [-0.25, -0.2) is 9.97 Å². The predicted molar refractivity (Wildman–Crippen MR) is 79.9 cm³/mol. The average Bonchev–Trinajstić information content (AvgIpc) is 2.66. The highest BCUT2D eigenvalue weighted by Gasteiger charge is 2.14. The van der Waals surface area contributed by atoms with Crippen LogP contribution < -0.4 is 0 Å². The molecule has 3 nitrogen and oxygen atoms in total. The van der Waals surface area contributed by atoms with Crippen molar-refractivity contribution in [3.63, 3.8) is 0 Å². The molecule has 0 aliphatic heterocycles. The topological polar surface area (TPSA) is 38.7 Å². The van der Waals surface area contributed by atoms with Gasteiger partial charge in [-0.05, 0) is 38.0 Å². The zero-order chi connectivity index (χ0) is 13.6. The molecule has 96 valence electrons. The molecule has 0 amide bonds. The molecule has 0 bridgehead atoms. The van der Waals surface area contributed by atoms with Crippen molar-refractivity contribution in [2.75, 3.05) is 0 Å². The first kappa shape index (κ1) is 12.5. The van der Waals surface area contributed by atoms with Crippen molar-refractivity contribution in [1.29, 1.82) is 0 Å². The van der Waals surface area contributed by atoms with E-state index in [0.717, 1.165) is 21.3 Å². The molecule has 0 aliphatic carbocycles. The van der Waals surface area contributed by atoms with Crippen LogP contribution in [0.4, 0.5) is 0 Å². The van der Waals surface area contributed by atoms with Gasteiger partial charge >= 0.3 is 0 Å². The van der Waals surface area contributed by atoms with Crippen molar-refractivity contribution in [3.05, 3.63) is 39.6 Å². The Morgan fingerprint density at radius 2 is 1.95 bits per heavy atom. The number of nitrogens with zero attached hydrogens (tertiary/aromatic N) is 3. The van der Waals surface area contributed by atoms with E-state index in [4.69, 9.17) is 11.6 Å². The summed E-state index contributed by atoms with van der Waals surface area (Å²) in [5, 5.41) is 1.50. The van der Waals surface area contributed by atoms with Crippen molar-refractivity contribution in [1.82, 2.24) is 15.0 Å². The number of aryl methyl sites for hydroxylation is 3. The van der Waals surface area contributed by atoms with Gasteiger partial charge in [0, 0.05) is 22.8 Å². The zero-order valence-electron chi connectivity index (χ0n) is 10.9. The Balaban J connectivity index is 2.30. The molecule has 3 aromatic rings. The minimum atomic E-state index is 0.526. The smallest absolute Gasteiger partial charge is 0.162 e. The SMILES string of the molecule is Cc1cnccc1-c1nc(Cl)c2c(C)c(C)sc2n1. The average molecular weight is 290 g/mol. The monoisotopic (exact) mass is 289 g/mol. The molecule has 0 atom stereocenters. The normalized spacial score (nSPS) is 11.2. The highest BCUT2D eigenvalue weighted by molar-refractivity contribution is 7.18. The fourth-order valence-electron chi connectivity index (χ4n) is 2.05. The van der Waals surface area contributed by atoms with Gasteiger partial charge in [0.25, 0.3) is 0 Å². The third kappa shape index (κ3) is 2.01. The third-order valence-electron chi connectivity index (χ3n) is 3.25. The fraction of sp³-hybridized carbons (Fsp3) is 0.214. The molecule has 0 saturated heterocycles. The van der Waals surface area contributed by atoms with E-state index in [0.29, 0.717) is 11.0 Å². The second-order valence-electron chi connectivity index (χ2n) is 4.49. The Morgan fingerprint density at radius 1 is 1.16 bits per heavy atom. The van der Waals surface area contributed by atoms with Crippen LogP contribution in [-0.2, 0) is 0 Å². The van der Waals surface area contributed by atoms with E-state index in [2.05, 4.69) is 28.8 Å². The summed E-state index contributed by atoms with van der Waals surface area (Å²) in [6.45, 7) is 6.13. The first-order valence-corrected chi connectivity index (χ1v) is 7.11. The summed E-state index contributed by atoms with van der Waals surface area (Å²) in [6, 6.07) is 1.92. The maximum atomic E-state index is 6.32. The lowest BCUT2D eigenvalue weighted by atomic mass is 10.1. The molecule has 3 aromatic heterocycles. The Morgan fingerprint density at radius 3 is 2.68 bits per heavy atom. The molecule has 0 saturated carbocycles.